The maximum atomic E-state index is 2.28. The van der Waals surface area contributed by atoms with Crippen molar-refractivity contribution in [1.82, 2.24) is 4.57 Å². The lowest BCUT2D eigenvalue weighted by Crippen LogP contribution is -2.13. The maximum Gasteiger partial charge on any atom is 0.0222 e. The molecule has 0 unspecified atom stereocenters. The van der Waals surface area contributed by atoms with Gasteiger partial charge in [-0.3, -0.25) is 0 Å². The molecule has 0 spiro atoms. The van der Waals surface area contributed by atoms with E-state index in [2.05, 4.69) is 29.1 Å². The molecule has 60 valence electrons. The fourth-order valence-electron chi connectivity index (χ4n) is 1.63. The summed E-state index contributed by atoms with van der Waals surface area (Å²) in [4.78, 5) is 0. The highest BCUT2D eigenvalue weighted by atomic mass is 14.9. The molecule has 0 radical (unpaired) electrons. The zero-order valence-electron chi connectivity index (χ0n) is 6.87. The second kappa shape index (κ2) is 3.12. The molecular weight excluding hydrogens is 134 g/mol. The van der Waals surface area contributed by atoms with Crippen LogP contribution in [-0.4, -0.2) is 4.57 Å². The van der Waals surface area contributed by atoms with Crippen molar-refractivity contribution in [2.45, 2.75) is 32.2 Å². The van der Waals surface area contributed by atoms with E-state index in [0.29, 0.717) is 0 Å². The minimum absolute atomic E-state index is 1.04. The summed E-state index contributed by atoms with van der Waals surface area (Å²) in [6.45, 7) is 1.22. The van der Waals surface area contributed by atoms with Gasteiger partial charge in [0.2, 0.25) is 0 Å². The van der Waals surface area contributed by atoms with E-state index < -0.39 is 0 Å². The van der Waals surface area contributed by atoms with Gasteiger partial charge in [0.15, 0.2) is 0 Å². The van der Waals surface area contributed by atoms with Crippen molar-refractivity contribution in [1.29, 1.82) is 0 Å². The summed E-state index contributed by atoms with van der Waals surface area (Å²) >= 11 is 0. The van der Waals surface area contributed by atoms with Crippen LogP contribution in [0.2, 0.25) is 0 Å². The van der Waals surface area contributed by atoms with Gasteiger partial charge in [0.1, 0.15) is 0 Å². The molecule has 1 saturated carbocycles. The van der Waals surface area contributed by atoms with Crippen LogP contribution in [0.3, 0.4) is 0 Å². The van der Waals surface area contributed by atoms with Gasteiger partial charge in [0.05, 0.1) is 0 Å². The Labute approximate surface area is 68.0 Å². The third-order valence-corrected chi connectivity index (χ3v) is 2.69. The fourth-order valence-corrected chi connectivity index (χ4v) is 1.63. The molecule has 1 aromatic rings. The van der Waals surface area contributed by atoms with Crippen LogP contribution in [0.15, 0.2) is 24.5 Å². The van der Waals surface area contributed by atoms with Crippen molar-refractivity contribution in [2.75, 3.05) is 0 Å². The van der Waals surface area contributed by atoms with Crippen LogP contribution in [0.1, 0.15) is 25.7 Å². The highest BCUT2D eigenvalue weighted by Crippen LogP contribution is 2.29. The molecule has 1 heteroatoms. The second-order valence-corrected chi connectivity index (χ2v) is 3.51. The molecule has 1 heterocycles. The quantitative estimate of drug-likeness (QED) is 0.622. The van der Waals surface area contributed by atoms with Crippen molar-refractivity contribution in [3.05, 3.63) is 24.5 Å². The third-order valence-electron chi connectivity index (χ3n) is 2.69. The lowest BCUT2D eigenvalue weighted by Gasteiger charge is -2.25. The molecule has 0 atom stereocenters. The van der Waals surface area contributed by atoms with Gasteiger partial charge in [0.25, 0.3) is 0 Å². The first kappa shape index (κ1) is 6.96. The number of rotatable bonds is 3. The highest BCUT2D eigenvalue weighted by Gasteiger charge is 2.16. The zero-order chi connectivity index (χ0) is 7.52. The number of nitrogens with zero attached hydrogens (tertiary/aromatic N) is 1. The lowest BCUT2D eigenvalue weighted by molar-refractivity contribution is 0.282. The lowest BCUT2D eigenvalue weighted by atomic mass is 9.83. The minimum Gasteiger partial charge on any atom is -0.354 e. The molecule has 2 rings (SSSR count). The number of aryl methyl sites for hydroxylation is 1. The summed E-state index contributed by atoms with van der Waals surface area (Å²) in [5, 5.41) is 0. The minimum atomic E-state index is 1.04. The summed E-state index contributed by atoms with van der Waals surface area (Å²) in [6, 6.07) is 4.20. The number of hydrogen-bond acceptors (Lipinski definition) is 0. The molecule has 11 heavy (non-hydrogen) atoms. The average Bonchev–Trinajstić information content (AvgIpc) is 2.36. The van der Waals surface area contributed by atoms with E-state index in [1.807, 2.05) is 0 Å². The van der Waals surface area contributed by atoms with Gasteiger partial charge in [0, 0.05) is 18.9 Å². The Kier molecular flexibility index (Phi) is 1.97. The molecule has 1 aliphatic carbocycles. The summed E-state index contributed by atoms with van der Waals surface area (Å²) < 4.78 is 2.28. The topological polar surface area (TPSA) is 4.93 Å². The molecule has 1 aromatic heterocycles. The third kappa shape index (κ3) is 1.65. The molecule has 0 aliphatic heterocycles. The molecule has 1 aliphatic rings. The van der Waals surface area contributed by atoms with Crippen LogP contribution in [0, 0.1) is 5.92 Å². The molecule has 0 bridgehead atoms. The van der Waals surface area contributed by atoms with E-state index in [1.54, 1.807) is 0 Å². The Morgan fingerprint density at radius 2 is 1.91 bits per heavy atom. The van der Waals surface area contributed by atoms with Crippen molar-refractivity contribution < 1.29 is 0 Å². The van der Waals surface area contributed by atoms with Gasteiger partial charge >= 0.3 is 0 Å². The van der Waals surface area contributed by atoms with E-state index in [4.69, 9.17) is 0 Å². The van der Waals surface area contributed by atoms with Crippen LogP contribution in [0.4, 0.5) is 0 Å². The Morgan fingerprint density at radius 1 is 1.18 bits per heavy atom. The largest absolute Gasteiger partial charge is 0.354 e. The summed E-state index contributed by atoms with van der Waals surface area (Å²) in [5.41, 5.74) is 0. The van der Waals surface area contributed by atoms with Crippen LogP contribution in [-0.2, 0) is 6.54 Å². The van der Waals surface area contributed by atoms with E-state index >= 15 is 0 Å². The van der Waals surface area contributed by atoms with E-state index in [0.717, 1.165) is 5.92 Å². The standard InChI is InChI=1S/C10H15N/c1-2-8-11(7-1)9-6-10-4-3-5-10/h1-2,7-8,10H,3-6,9H2. The predicted octanol–water partition coefficient (Wildman–Crippen LogP) is 2.68. The normalized spacial score (nSPS) is 18.2. The van der Waals surface area contributed by atoms with Gasteiger partial charge in [-0.2, -0.15) is 0 Å². The van der Waals surface area contributed by atoms with Crippen LogP contribution < -0.4 is 0 Å². The first-order chi connectivity index (χ1) is 5.45. The highest BCUT2D eigenvalue weighted by molar-refractivity contribution is 4.90. The molecule has 0 saturated heterocycles. The van der Waals surface area contributed by atoms with Crippen LogP contribution >= 0.6 is 0 Å². The van der Waals surface area contributed by atoms with Gasteiger partial charge in [-0.05, 0) is 24.5 Å². The monoisotopic (exact) mass is 149 g/mol. The molecule has 0 amide bonds. The Morgan fingerprint density at radius 3 is 2.45 bits per heavy atom. The average molecular weight is 149 g/mol. The Hall–Kier alpha value is -0.720. The molecule has 0 N–H and O–H groups in total. The molecule has 0 aromatic carbocycles. The summed E-state index contributed by atoms with van der Waals surface area (Å²) in [6.07, 6.45) is 10.1. The van der Waals surface area contributed by atoms with Crippen LogP contribution in [0.5, 0.6) is 0 Å². The van der Waals surface area contributed by atoms with Crippen molar-refractivity contribution in [2.24, 2.45) is 5.92 Å². The van der Waals surface area contributed by atoms with Crippen LogP contribution in [0.25, 0.3) is 0 Å². The van der Waals surface area contributed by atoms with Gasteiger partial charge in [-0.25, -0.2) is 0 Å². The fraction of sp³-hybridized carbons (Fsp3) is 0.600. The van der Waals surface area contributed by atoms with Gasteiger partial charge in [-0.1, -0.05) is 19.3 Å². The van der Waals surface area contributed by atoms with E-state index in [1.165, 1.54) is 32.2 Å². The number of hydrogen-bond donors (Lipinski definition) is 0. The Balaban J connectivity index is 1.74. The maximum absolute atomic E-state index is 2.28. The summed E-state index contributed by atoms with van der Waals surface area (Å²) in [5.74, 6) is 1.04. The van der Waals surface area contributed by atoms with E-state index in [9.17, 15) is 0 Å². The second-order valence-electron chi connectivity index (χ2n) is 3.51. The first-order valence-corrected chi connectivity index (χ1v) is 4.56. The van der Waals surface area contributed by atoms with Crippen molar-refractivity contribution in [3.8, 4) is 0 Å². The summed E-state index contributed by atoms with van der Waals surface area (Å²) in [7, 11) is 0. The SMILES string of the molecule is c1ccn(CCC2CCC2)c1. The Bertz CT molecular complexity index is 197. The molecular formula is C10H15N. The van der Waals surface area contributed by atoms with Crippen molar-refractivity contribution >= 4 is 0 Å². The predicted molar refractivity (Wildman–Crippen MR) is 46.4 cm³/mol. The molecule has 1 fully saturated rings. The number of aromatic nitrogens is 1. The van der Waals surface area contributed by atoms with Gasteiger partial charge < -0.3 is 4.57 Å². The van der Waals surface area contributed by atoms with E-state index in [-0.39, 0.29) is 0 Å². The molecule has 1 nitrogen and oxygen atoms in total. The zero-order valence-corrected chi connectivity index (χ0v) is 6.87. The smallest absolute Gasteiger partial charge is 0.0222 e. The van der Waals surface area contributed by atoms with Gasteiger partial charge in [-0.15, -0.1) is 0 Å². The first-order valence-electron chi connectivity index (χ1n) is 4.56. The van der Waals surface area contributed by atoms with Crippen molar-refractivity contribution in [3.63, 3.8) is 0 Å².